The molecule has 35 heavy (non-hydrogen) atoms. The molecule has 0 aromatic heterocycles. The zero-order valence-electron chi connectivity index (χ0n) is 17.9. The van der Waals surface area contributed by atoms with E-state index in [1.807, 2.05) is 42.5 Å². The molecule has 0 bridgehead atoms. The number of nitrogens with zero attached hydrogens (tertiary/aromatic N) is 6. The second-order valence-corrected chi connectivity index (χ2v) is 8.28. The zero-order chi connectivity index (χ0) is 26.0. The quantitative estimate of drug-likeness (QED) is 0.117. The van der Waals surface area contributed by atoms with Crippen LogP contribution in [0.25, 0.3) is 49.2 Å². The summed E-state index contributed by atoms with van der Waals surface area (Å²) in [6, 6.07) is 19.7. The Morgan fingerprint density at radius 3 is 1.89 bits per heavy atom. The molecule has 0 spiro atoms. The molecule has 0 amide bonds. The Kier molecular flexibility index (Phi) is 9.04. The standard InChI is InChI=1S/C13H10O3S.C10H6O2.2N3/c14-17(15,16)12-7-3-5-10-8-9-4-1-2-6-11(9)13(10)12;11-9-6-5-7-3-1-2-4-8(7)10(9)12;2*1-3-2/h1-7H,8H2,(H,14,15,16);1-6H;;/q;;2*-1. The van der Waals surface area contributed by atoms with Crippen molar-refractivity contribution in [2.75, 3.05) is 0 Å². The monoisotopic (exact) mass is 488 g/mol. The Hall–Kier alpha value is -4.73. The Balaban J connectivity index is 0.000000209. The molecule has 3 aromatic rings. The first-order valence-electron chi connectivity index (χ1n) is 9.69. The van der Waals surface area contributed by atoms with Gasteiger partial charge in [-0.2, -0.15) is 8.42 Å². The summed E-state index contributed by atoms with van der Waals surface area (Å²) >= 11 is 0. The maximum atomic E-state index is 11.4. The van der Waals surface area contributed by atoms with Crippen molar-refractivity contribution in [1.29, 1.82) is 0 Å². The van der Waals surface area contributed by atoms with Gasteiger partial charge in [0.25, 0.3) is 10.1 Å². The molecule has 0 atom stereocenters. The molecule has 2 aliphatic carbocycles. The first-order valence-corrected chi connectivity index (χ1v) is 11.1. The van der Waals surface area contributed by atoms with Crippen LogP contribution in [-0.4, -0.2) is 24.5 Å². The summed E-state index contributed by atoms with van der Waals surface area (Å²) in [6.45, 7) is 0. The van der Waals surface area contributed by atoms with Crippen molar-refractivity contribution in [3.8, 4) is 11.1 Å². The van der Waals surface area contributed by atoms with Crippen LogP contribution in [0.4, 0.5) is 0 Å². The van der Waals surface area contributed by atoms with E-state index < -0.39 is 21.7 Å². The summed E-state index contributed by atoms with van der Waals surface area (Å²) in [6.07, 6.45) is 3.69. The summed E-state index contributed by atoms with van der Waals surface area (Å²) in [5.41, 5.74) is 31.9. The fraction of sp³-hybridized carbons (Fsp3) is 0.0435. The van der Waals surface area contributed by atoms with Crippen LogP contribution in [0.15, 0.2) is 77.7 Å². The van der Waals surface area contributed by atoms with E-state index >= 15 is 0 Å². The van der Waals surface area contributed by atoms with Gasteiger partial charge in [-0.1, -0.05) is 66.7 Å². The number of ketones is 2. The van der Waals surface area contributed by atoms with Crippen molar-refractivity contribution < 1.29 is 22.6 Å². The Morgan fingerprint density at radius 2 is 1.26 bits per heavy atom. The molecule has 0 heterocycles. The number of benzene rings is 3. The van der Waals surface area contributed by atoms with Gasteiger partial charge in [0, 0.05) is 11.1 Å². The van der Waals surface area contributed by atoms with Crippen LogP contribution in [0.2, 0.25) is 0 Å². The molecule has 11 nitrogen and oxygen atoms in total. The third-order valence-corrected chi connectivity index (χ3v) is 5.80. The fourth-order valence-corrected chi connectivity index (χ4v) is 4.34. The highest BCUT2D eigenvalue weighted by Crippen LogP contribution is 2.40. The minimum atomic E-state index is -4.17. The number of hydrogen-bond acceptors (Lipinski definition) is 4. The molecule has 0 fully saturated rings. The number of rotatable bonds is 1. The molecule has 0 saturated carbocycles. The second kappa shape index (κ2) is 11.9. The minimum absolute atomic E-state index is 0.0000463. The van der Waals surface area contributed by atoms with Gasteiger partial charge >= 0.3 is 0 Å². The van der Waals surface area contributed by atoms with Gasteiger partial charge in [0.2, 0.25) is 11.6 Å². The largest absolute Gasteiger partial charge is 0.373 e. The number of carbonyl (C=O) groups excluding carboxylic acids is 2. The van der Waals surface area contributed by atoms with Crippen molar-refractivity contribution in [3.05, 3.63) is 127 Å². The highest BCUT2D eigenvalue weighted by atomic mass is 32.2. The molecule has 0 radical (unpaired) electrons. The molecule has 176 valence electrons. The number of Topliss-reactive ketones (excluding diaryl/α,β-unsaturated/α-hetero) is 1. The van der Waals surface area contributed by atoms with Crippen LogP contribution in [0, 0.1) is 0 Å². The van der Waals surface area contributed by atoms with Crippen molar-refractivity contribution in [2.24, 2.45) is 0 Å². The highest BCUT2D eigenvalue weighted by molar-refractivity contribution is 7.86. The first-order chi connectivity index (χ1) is 16.7. The second-order valence-electron chi connectivity index (χ2n) is 6.89. The molecule has 0 unspecified atom stereocenters. The number of hydrogen-bond donors (Lipinski definition) is 1. The summed E-state index contributed by atoms with van der Waals surface area (Å²) in [5.74, 6) is -0.846. The predicted molar refractivity (Wildman–Crippen MR) is 129 cm³/mol. The van der Waals surface area contributed by atoms with Crippen molar-refractivity contribution in [1.82, 2.24) is 0 Å². The molecule has 0 aliphatic heterocycles. The lowest BCUT2D eigenvalue weighted by atomic mass is 9.96. The van der Waals surface area contributed by atoms with E-state index in [-0.39, 0.29) is 4.90 Å². The maximum absolute atomic E-state index is 11.4. The van der Waals surface area contributed by atoms with Crippen molar-refractivity contribution in [2.45, 2.75) is 11.3 Å². The third-order valence-electron chi connectivity index (χ3n) is 4.90. The van der Waals surface area contributed by atoms with Crippen LogP contribution in [0.1, 0.15) is 27.0 Å². The average molecular weight is 488 g/mol. The summed E-state index contributed by atoms with van der Waals surface area (Å²) in [7, 11) is -4.17. The topological polar surface area (TPSA) is 206 Å². The molecular weight excluding hydrogens is 472 g/mol. The summed E-state index contributed by atoms with van der Waals surface area (Å²) in [5, 5.41) is 0. The van der Waals surface area contributed by atoms with Gasteiger partial charge in [-0.25, -0.2) is 0 Å². The molecule has 3 aromatic carbocycles. The molecule has 0 saturated heterocycles. The minimum Gasteiger partial charge on any atom is -0.373 e. The van der Waals surface area contributed by atoms with Crippen molar-refractivity contribution >= 4 is 27.8 Å². The third kappa shape index (κ3) is 6.41. The van der Waals surface area contributed by atoms with Crippen LogP contribution >= 0.6 is 0 Å². The van der Waals surface area contributed by atoms with E-state index in [2.05, 4.69) is 0 Å². The van der Waals surface area contributed by atoms with E-state index in [4.69, 9.17) is 22.1 Å². The number of carbonyl (C=O) groups is 2. The van der Waals surface area contributed by atoms with Gasteiger partial charge in [-0.05, 0) is 40.8 Å². The Bertz CT molecular complexity index is 1470. The Labute approximate surface area is 199 Å². The van der Waals surface area contributed by atoms with Gasteiger partial charge in [-0.3, -0.25) is 24.0 Å². The Morgan fingerprint density at radius 1 is 0.714 bits per heavy atom. The average Bonchev–Trinajstić information content (AvgIpc) is 3.21. The lowest BCUT2D eigenvalue weighted by Crippen LogP contribution is -2.15. The highest BCUT2D eigenvalue weighted by Gasteiger charge is 2.25. The van der Waals surface area contributed by atoms with Gasteiger partial charge < -0.3 is 22.1 Å². The van der Waals surface area contributed by atoms with Crippen molar-refractivity contribution in [3.63, 3.8) is 0 Å². The lowest BCUT2D eigenvalue weighted by Gasteiger charge is -2.06. The van der Waals surface area contributed by atoms with Crippen LogP contribution in [0.5, 0.6) is 0 Å². The molecular formula is C23H16N6O5S-2. The lowest BCUT2D eigenvalue weighted by molar-refractivity contribution is -0.110. The van der Waals surface area contributed by atoms with E-state index in [9.17, 15) is 22.6 Å². The van der Waals surface area contributed by atoms with Gasteiger partial charge in [0.05, 0.1) is 0 Å². The predicted octanol–water partition coefficient (Wildman–Crippen LogP) is 5.70. The van der Waals surface area contributed by atoms with E-state index in [0.29, 0.717) is 11.1 Å². The van der Waals surface area contributed by atoms with E-state index in [1.54, 1.807) is 24.3 Å². The van der Waals surface area contributed by atoms with Gasteiger partial charge in [0.1, 0.15) is 4.90 Å². The maximum Gasteiger partial charge on any atom is 0.295 e. The molecule has 5 rings (SSSR count). The summed E-state index contributed by atoms with van der Waals surface area (Å²) in [4.78, 5) is 25.1. The normalized spacial score (nSPS) is 11.9. The fourth-order valence-electron chi connectivity index (χ4n) is 3.59. The van der Waals surface area contributed by atoms with Crippen LogP contribution in [-0.2, 0) is 21.3 Å². The molecule has 2 aliphatic rings. The smallest absolute Gasteiger partial charge is 0.295 e. The summed E-state index contributed by atoms with van der Waals surface area (Å²) < 4.78 is 32.0. The SMILES string of the molecule is O=C1C=Cc2ccccc2C1=O.O=S(=O)(O)c1cccc2c1-c1ccccc1C2.[N-]=[N+]=[N-].[N-]=[N+]=[N-]. The van der Waals surface area contributed by atoms with Crippen LogP contribution in [0.3, 0.4) is 0 Å². The van der Waals surface area contributed by atoms with E-state index in [1.165, 1.54) is 22.0 Å². The number of allylic oxidation sites excluding steroid dienone is 1. The molecule has 1 N–H and O–H groups in total. The first kappa shape index (κ1) is 26.5. The van der Waals surface area contributed by atoms with Gasteiger partial charge in [-0.15, -0.1) is 0 Å². The van der Waals surface area contributed by atoms with E-state index in [0.717, 1.165) is 28.7 Å². The van der Waals surface area contributed by atoms with Crippen LogP contribution < -0.4 is 0 Å². The zero-order valence-corrected chi connectivity index (χ0v) is 18.7. The number of fused-ring (bicyclic) bond motifs is 4. The van der Waals surface area contributed by atoms with Gasteiger partial charge in [0.15, 0.2) is 0 Å². The molecule has 12 heteroatoms.